The second-order valence-electron chi connectivity index (χ2n) is 6.91. The number of nitrogens with zero attached hydrogens (tertiary/aromatic N) is 4. The van der Waals surface area contributed by atoms with Gasteiger partial charge >= 0.3 is 0 Å². The second-order valence-corrected chi connectivity index (χ2v) is 6.91. The molecule has 0 spiro atoms. The summed E-state index contributed by atoms with van der Waals surface area (Å²) in [7, 11) is 0. The van der Waals surface area contributed by atoms with Gasteiger partial charge in [0.15, 0.2) is 5.65 Å². The van der Waals surface area contributed by atoms with Crippen LogP contribution in [0.2, 0.25) is 0 Å². The SMILES string of the molecule is CCCC(=O)N1CC[C@@H](Cc2ncccc2-c2cnc3[nH]ccc3n2)C1. The number of rotatable bonds is 5. The van der Waals surface area contributed by atoms with Crippen molar-refractivity contribution in [1.29, 1.82) is 0 Å². The minimum absolute atomic E-state index is 0.278. The zero-order chi connectivity index (χ0) is 17.9. The highest BCUT2D eigenvalue weighted by molar-refractivity contribution is 5.76. The standard InChI is InChI=1S/C20H23N5O/c1-2-4-19(26)25-10-7-14(13-25)11-17-15(5-3-8-21-17)18-12-23-20-16(24-18)6-9-22-20/h3,5-6,8-9,12,14H,2,4,7,10-11,13H2,1H3,(H,22,23)/t14-/m0/s1. The van der Waals surface area contributed by atoms with E-state index in [1.165, 1.54) is 0 Å². The topological polar surface area (TPSA) is 74.8 Å². The van der Waals surface area contributed by atoms with Gasteiger partial charge in [-0.05, 0) is 43.4 Å². The zero-order valence-corrected chi connectivity index (χ0v) is 15.0. The smallest absolute Gasteiger partial charge is 0.222 e. The third-order valence-electron chi connectivity index (χ3n) is 5.01. The Morgan fingerprint density at radius 3 is 3.15 bits per heavy atom. The van der Waals surface area contributed by atoms with Crippen LogP contribution >= 0.6 is 0 Å². The van der Waals surface area contributed by atoms with E-state index in [4.69, 9.17) is 4.98 Å². The van der Waals surface area contributed by atoms with Crippen LogP contribution < -0.4 is 0 Å². The highest BCUT2D eigenvalue weighted by Gasteiger charge is 2.27. The van der Waals surface area contributed by atoms with Gasteiger partial charge in [0, 0.05) is 37.5 Å². The van der Waals surface area contributed by atoms with E-state index in [1.54, 1.807) is 6.20 Å². The van der Waals surface area contributed by atoms with Crippen molar-refractivity contribution in [3.8, 4) is 11.3 Å². The number of nitrogens with one attached hydrogen (secondary N) is 1. The van der Waals surface area contributed by atoms with Crippen molar-refractivity contribution in [2.45, 2.75) is 32.6 Å². The summed E-state index contributed by atoms with van der Waals surface area (Å²) in [6, 6.07) is 5.92. The molecule has 0 bridgehead atoms. The fraction of sp³-hybridized carbons (Fsp3) is 0.400. The molecule has 1 atom stereocenters. The molecule has 0 radical (unpaired) electrons. The molecule has 3 aromatic rings. The Bertz CT molecular complexity index is 919. The van der Waals surface area contributed by atoms with Crippen LogP contribution in [0.25, 0.3) is 22.4 Å². The molecular formula is C20H23N5O. The van der Waals surface area contributed by atoms with Gasteiger partial charge in [-0.15, -0.1) is 0 Å². The molecule has 1 aliphatic heterocycles. The van der Waals surface area contributed by atoms with Crippen molar-refractivity contribution in [1.82, 2.24) is 24.8 Å². The van der Waals surface area contributed by atoms with Crippen LogP contribution in [0.3, 0.4) is 0 Å². The van der Waals surface area contributed by atoms with Crippen LogP contribution in [0.1, 0.15) is 31.9 Å². The summed E-state index contributed by atoms with van der Waals surface area (Å²) in [5.74, 6) is 0.730. The molecule has 0 aromatic carbocycles. The Morgan fingerprint density at radius 2 is 2.27 bits per heavy atom. The van der Waals surface area contributed by atoms with Crippen LogP contribution in [-0.4, -0.2) is 43.8 Å². The number of carbonyl (C=O) groups is 1. The number of aromatic amines is 1. The molecule has 1 fully saturated rings. The lowest BCUT2D eigenvalue weighted by molar-refractivity contribution is -0.130. The number of aromatic nitrogens is 4. The van der Waals surface area contributed by atoms with Gasteiger partial charge in [-0.1, -0.05) is 6.92 Å². The number of fused-ring (bicyclic) bond motifs is 1. The average molecular weight is 349 g/mol. The van der Waals surface area contributed by atoms with E-state index in [0.717, 1.165) is 60.5 Å². The van der Waals surface area contributed by atoms with Crippen LogP contribution in [0.15, 0.2) is 36.8 Å². The number of likely N-dealkylation sites (tertiary alicyclic amines) is 1. The number of carbonyl (C=O) groups excluding carboxylic acids is 1. The largest absolute Gasteiger partial charge is 0.345 e. The van der Waals surface area contributed by atoms with Crippen molar-refractivity contribution in [3.05, 3.63) is 42.5 Å². The van der Waals surface area contributed by atoms with Crippen molar-refractivity contribution < 1.29 is 4.79 Å². The Balaban J connectivity index is 1.54. The monoisotopic (exact) mass is 349 g/mol. The summed E-state index contributed by atoms with van der Waals surface area (Å²) >= 11 is 0. The second kappa shape index (κ2) is 7.23. The van der Waals surface area contributed by atoms with Crippen LogP contribution in [-0.2, 0) is 11.2 Å². The molecule has 4 rings (SSSR count). The quantitative estimate of drug-likeness (QED) is 0.767. The van der Waals surface area contributed by atoms with E-state index in [2.05, 4.69) is 21.0 Å². The number of H-pyrrole nitrogens is 1. The predicted molar refractivity (Wildman–Crippen MR) is 100 cm³/mol. The van der Waals surface area contributed by atoms with Gasteiger partial charge in [0.2, 0.25) is 5.91 Å². The van der Waals surface area contributed by atoms with Gasteiger partial charge in [-0.25, -0.2) is 9.97 Å². The molecule has 0 aliphatic carbocycles. The maximum absolute atomic E-state index is 12.1. The summed E-state index contributed by atoms with van der Waals surface area (Å²) in [4.78, 5) is 31.0. The molecule has 1 saturated heterocycles. The van der Waals surface area contributed by atoms with Gasteiger partial charge in [0.05, 0.1) is 17.6 Å². The van der Waals surface area contributed by atoms with Gasteiger partial charge in [0.25, 0.3) is 0 Å². The Hall–Kier alpha value is -2.76. The van der Waals surface area contributed by atoms with Crippen molar-refractivity contribution in [3.63, 3.8) is 0 Å². The van der Waals surface area contributed by atoms with Crippen LogP contribution in [0, 0.1) is 5.92 Å². The van der Waals surface area contributed by atoms with E-state index >= 15 is 0 Å². The molecular weight excluding hydrogens is 326 g/mol. The summed E-state index contributed by atoms with van der Waals surface area (Å²) in [5, 5.41) is 0. The molecule has 6 nitrogen and oxygen atoms in total. The highest BCUT2D eigenvalue weighted by atomic mass is 16.2. The zero-order valence-electron chi connectivity index (χ0n) is 15.0. The lowest BCUT2D eigenvalue weighted by Crippen LogP contribution is -2.28. The van der Waals surface area contributed by atoms with Crippen LogP contribution in [0.4, 0.5) is 0 Å². The maximum Gasteiger partial charge on any atom is 0.222 e. The summed E-state index contributed by atoms with van der Waals surface area (Å²) in [6.45, 7) is 3.74. The minimum atomic E-state index is 0.278. The first-order chi connectivity index (χ1) is 12.7. The molecule has 26 heavy (non-hydrogen) atoms. The minimum Gasteiger partial charge on any atom is -0.345 e. The van der Waals surface area contributed by atoms with E-state index in [9.17, 15) is 4.79 Å². The number of pyridine rings is 1. The van der Waals surface area contributed by atoms with Crippen molar-refractivity contribution in [2.75, 3.05) is 13.1 Å². The molecule has 1 aliphatic rings. The maximum atomic E-state index is 12.1. The number of hydrogen-bond donors (Lipinski definition) is 1. The molecule has 4 heterocycles. The van der Waals surface area contributed by atoms with Crippen molar-refractivity contribution in [2.24, 2.45) is 5.92 Å². The normalized spacial score (nSPS) is 17.1. The lowest BCUT2D eigenvalue weighted by Gasteiger charge is -2.16. The first-order valence-electron chi connectivity index (χ1n) is 9.26. The van der Waals surface area contributed by atoms with Gasteiger partial charge in [0.1, 0.15) is 5.52 Å². The first kappa shape index (κ1) is 16.7. The molecule has 134 valence electrons. The van der Waals surface area contributed by atoms with Crippen LogP contribution in [0.5, 0.6) is 0 Å². The van der Waals surface area contributed by atoms with E-state index in [1.807, 2.05) is 36.4 Å². The molecule has 0 unspecified atom stereocenters. The highest BCUT2D eigenvalue weighted by Crippen LogP contribution is 2.27. The summed E-state index contributed by atoms with van der Waals surface area (Å²) in [5.41, 5.74) is 4.56. The Morgan fingerprint density at radius 1 is 1.35 bits per heavy atom. The van der Waals surface area contributed by atoms with E-state index in [-0.39, 0.29) is 5.91 Å². The fourth-order valence-electron chi connectivity index (χ4n) is 3.67. The molecule has 1 N–H and O–H groups in total. The molecule has 1 amide bonds. The summed E-state index contributed by atoms with van der Waals surface area (Å²) < 4.78 is 0. The molecule has 6 heteroatoms. The predicted octanol–water partition coefficient (Wildman–Crippen LogP) is 3.21. The lowest BCUT2D eigenvalue weighted by atomic mass is 9.98. The van der Waals surface area contributed by atoms with Crippen molar-refractivity contribution >= 4 is 17.1 Å². The van der Waals surface area contributed by atoms with Gasteiger partial charge < -0.3 is 9.88 Å². The van der Waals surface area contributed by atoms with E-state index in [0.29, 0.717) is 12.3 Å². The summed E-state index contributed by atoms with van der Waals surface area (Å²) in [6.07, 6.45) is 8.92. The first-order valence-corrected chi connectivity index (χ1v) is 9.26. The molecule has 0 saturated carbocycles. The van der Waals surface area contributed by atoms with Gasteiger partial charge in [-0.3, -0.25) is 9.78 Å². The third-order valence-corrected chi connectivity index (χ3v) is 5.01. The fourth-order valence-corrected chi connectivity index (χ4v) is 3.67. The van der Waals surface area contributed by atoms with E-state index < -0.39 is 0 Å². The number of amides is 1. The average Bonchev–Trinajstić information content (AvgIpc) is 3.31. The molecule has 3 aromatic heterocycles. The third kappa shape index (κ3) is 3.31. The Kier molecular flexibility index (Phi) is 4.65. The number of hydrogen-bond acceptors (Lipinski definition) is 4. The Labute approximate surface area is 152 Å². The van der Waals surface area contributed by atoms with Gasteiger partial charge in [-0.2, -0.15) is 0 Å².